The smallest absolute Gasteiger partial charge is 0.252 e. The van der Waals surface area contributed by atoms with Crippen molar-refractivity contribution in [1.82, 2.24) is 5.32 Å². The third-order valence-electron chi connectivity index (χ3n) is 3.55. The standard InChI is InChI=1S/C15H22INO/c1-5-12(6-2)11(4)17-15(18)13-9-7-8-10(3)14(13)16/h7-9,11-12H,5-6H2,1-4H3,(H,17,18). The molecule has 0 fully saturated rings. The van der Waals surface area contributed by atoms with E-state index in [0.717, 1.165) is 27.5 Å². The van der Waals surface area contributed by atoms with Gasteiger partial charge in [0.15, 0.2) is 0 Å². The van der Waals surface area contributed by atoms with Gasteiger partial charge in [-0.15, -0.1) is 0 Å². The predicted molar refractivity (Wildman–Crippen MR) is 84.9 cm³/mol. The minimum absolute atomic E-state index is 0.0440. The lowest BCUT2D eigenvalue weighted by atomic mass is 9.95. The zero-order valence-electron chi connectivity index (χ0n) is 11.6. The lowest BCUT2D eigenvalue weighted by molar-refractivity contribution is 0.0924. The summed E-state index contributed by atoms with van der Waals surface area (Å²) in [5, 5.41) is 3.12. The molecule has 18 heavy (non-hydrogen) atoms. The molecule has 0 saturated heterocycles. The van der Waals surface area contributed by atoms with Gasteiger partial charge in [-0.25, -0.2) is 0 Å². The second-order valence-electron chi connectivity index (χ2n) is 4.78. The first-order valence-corrected chi connectivity index (χ1v) is 7.65. The molecule has 1 rings (SSSR count). The molecule has 1 N–H and O–H groups in total. The monoisotopic (exact) mass is 359 g/mol. The second-order valence-corrected chi connectivity index (χ2v) is 5.85. The molecule has 0 aliphatic rings. The number of carbonyl (C=O) groups is 1. The van der Waals surface area contributed by atoms with E-state index in [1.807, 2.05) is 25.1 Å². The molecule has 0 bridgehead atoms. The van der Waals surface area contributed by atoms with Crippen LogP contribution in [0.3, 0.4) is 0 Å². The van der Waals surface area contributed by atoms with Crippen LogP contribution in [0.2, 0.25) is 0 Å². The minimum atomic E-state index is 0.0440. The zero-order valence-corrected chi connectivity index (χ0v) is 13.7. The Morgan fingerprint density at radius 1 is 1.33 bits per heavy atom. The van der Waals surface area contributed by atoms with E-state index in [9.17, 15) is 4.79 Å². The highest BCUT2D eigenvalue weighted by molar-refractivity contribution is 14.1. The van der Waals surface area contributed by atoms with Gasteiger partial charge in [0, 0.05) is 9.61 Å². The molecule has 1 amide bonds. The molecule has 0 saturated carbocycles. The molecule has 0 radical (unpaired) electrons. The van der Waals surface area contributed by atoms with E-state index in [-0.39, 0.29) is 11.9 Å². The maximum atomic E-state index is 12.2. The quantitative estimate of drug-likeness (QED) is 0.786. The molecule has 1 aromatic rings. The van der Waals surface area contributed by atoms with Crippen LogP contribution in [0.15, 0.2) is 18.2 Å². The van der Waals surface area contributed by atoms with Gasteiger partial charge in [0.25, 0.3) is 5.91 Å². The van der Waals surface area contributed by atoms with Gasteiger partial charge in [0.2, 0.25) is 0 Å². The fraction of sp³-hybridized carbons (Fsp3) is 0.533. The first kappa shape index (κ1) is 15.5. The van der Waals surface area contributed by atoms with Gasteiger partial charge in [-0.1, -0.05) is 38.8 Å². The molecule has 0 aromatic heterocycles. The Morgan fingerprint density at radius 2 is 1.94 bits per heavy atom. The van der Waals surface area contributed by atoms with E-state index in [0.29, 0.717) is 5.92 Å². The number of nitrogens with one attached hydrogen (secondary N) is 1. The maximum absolute atomic E-state index is 12.2. The number of benzene rings is 1. The minimum Gasteiger partial charge on any atom is -0.349 e. The van der Waals surface area contributed by atoms with E-state index in [2.05, 4.69) is 48.7 Å². The molecule has 0 spiro atoms. The third kappa shape index (κ3) is 3.70. The number of carbonyl (C=O) groups excluding carboxylic acids is 1. The third-order valence-corrected chi connectivity index (χ3v) is 4.98. The number of aryl methyl sites for hydroxylation is 1. The second kappa shape index (κ2) is 7.12. The van der Waals surface area contributed by atoms with Gasteiger partial charge in [0.1, 0.15) is 0 Å². The van der Waals surface area contributed by atoms with Crippen LogP contribution in [0, 0.1) is 16.4 Å². The topological polar surface area (TPSA) is 29.1 Å². The summed E-state index contributed by atoms with van der Waals surface area (Å²) < 4.78 is 1.05. The van der Waals surface area contributed by atoms with Crippen molar-refractivity contribution in [2.75, 3.05) is 0 Å². The Hall–Kier alpha value is -0.580. The SMILES string of the molecule is CCC(CC)C(C)NC(=O)c1cccc(C)c1I. The van der Waals surface area contributed by atoms with Crippen LogP contribution >= 0.6 is 22.6 Å². The van der Waals surface area contributed by atoms with E-state index in [1.54, 1.807) is 0 Å². The van der Waals surface area contributed by atoms with Gasteiger partial charge in [0.05, 0.1) is 5.56 Å². The predicted octanol–water partition coefficient (Wildman–Crippen LogP) is 4.15. The van der Waals surface area contributed by atoms with Gasteiger partial charge >= 0.3 is 0 Å². The summed E-state index contributed by atoms with van der Waals surface area (Å²) in [6, 6.07) is 6.09. The average molecular weight is 359 g/mol. The highest BCUT2D eigenvalue weighted by atomic mass is 127. The average Bonchev–Trinajstić information content (AvgIpc) is 2.34. The van der Waals surface area contributed by atoms with Crippen LogP contribution in [0.25, 0.3) is 0 Å². The largest absolute Gasteiger partial charge is 0.349 e. The summed E-state index contributed by atoms with van der Waals surface area (Å²) >= 11 is 2.24. The van der Waals surface area contributed by atoms with Crippen molar-refractivity contribution in [1.29, 1.82) is 0 Å². The Morgan fingerprint density at radius 3 is 2.50 bits per heavy atom. The van der Waals surface area contributed by atoms with Gasteiger partial charge < -0.3 is 5.32 Å². The van der Waals surface area contributed by atoms with Crippen LogP contribution in [0.1, 0.15) is 49.5 Å². The first-order chi connectivity index (χ1) is 8.51. The van der Waals surface area contributed by atoms with Crippen molar-refractivity contribution in [3.8, 4) is 0 Å². The molecule has 2 nitrogen and oxygen atoms in total. The van der Waals surface area contributed by atoms with Crippen LogP contribution in [-0.4, -0.2) is 11.9 Å². The highest BCUT2D eigenvalue weighted by Gasteiger charge is 2.18. The summed E-state index contributed by atoms with van der Waals surface area (Å²) in [5.74, 6) is 0.596. The summed E-state index contributed by atoms with van der Waals surface area (Å²) in [5.41, 5.74) is 1.94. The van der Waals surface area contributed by atoms with Gasteiger partial charge in [-0.05, 0) is 54.0 Å². The molecule has 1 aromatic carbocycles. The number of halogens is 1. The maximum Gasteiger partial charge on any atom is 0.252 e. The Labute approximate surface area is 124 Å². The molecule has 0 aliphatic carbocycles. The molecular formula is C15H22INO. The number of rotatable bonds is 5. The van der Waals surface area contributed by atoms with Crippen molar-refractivity contribution in [2.45, 2.75) is 46.6 Å². The van der Waals surface area contributed by atoms with E-state index < -0.39 is 0 Å². The van der Waals surface area contributed by atoms with Crippen molar-refractivity contribution >= 4 is 28.5 Å². The van der Waals surface area contributed by atoms with Crippen molar-refractivity contribution in [3.63, 3.8) is 0 Å². The zero-order chi connectivity index (χ0) is 13.7. The number of amides is 1. The molecule has 1 atom stereocenters. The molecule has 0 heterocycles. The summed E-state index contributed by atoms with van der Waals surface area (Å²) in [6.45, 7) is 8.47. The number of hydrogen-bond acceptors (Lipinski definition) is 1. The van der Waals surface area contributed by atoms with Crippen molar-refractivity contribution in [3.05, 3.63) is 32.9 Å². The summed E-state index contributed by atoms with van der Waals surface area (Å²) in [6.07, 6.45) is 2.20. The summed E-state index contributed by atoms with van der Waals surface area (Å²) in [7, 11) is 0. The van der Waals surface area contributed by atoms with E-state index >= 15 is 0 Å². The Bertz CT molecular complexity index is 413. The molecule has 100 valence electrons. The first-order valence-electron chi connectivity index (χ1n) is 6.57. The lowest BCUT2D eigenvalue weighted by Gasteiger charge is -2.22. The van der Waals surface area contributed by atoms with Crippen molar-refractivity contribution in [2.24, 2.45) is 5.92 Å². The Kier molecular flexibility index (Phi) is 6.12. The van der Waals surface area contributed by atoms with Crippen molar-refractivity contribution < 1.29 is 4.79 Å². The lowest BCUT2D eigenvalue weighted by Crippen LogP contribution is -2.38. The van der Waals surface area contributed by atoms with Crippen LogP contribution < -0.4 is 5.32 Å². The van der Waals surface area contributed by atoms with Gasteiger partial charge in [-0.2, -0.15) is 0 Å². The van der Waals surface area contributed by atoms with E-state index in [4.69, 9.17) is 0 Å². The van der Waals surface area contributed by atoms with Crippen LogP contribution in [0.5, 0.6) is 0 Å². The normalized spacial score (nSPS) is 12.6. The molecular weight excluding hydrogens is 337 g/mol. The van der Waals surface area contributed by atoms with E-state index in [1.165, 1.54) is 0 Å². The molecule has 3 heteroatoms. The number of hydrogen-bond donors (Lipinski definition) is 1. The van der Waals surface area contributed by atoms with Crippen LogP contribution in [-0.2, 0) is 0 Å². The van der Waals surface area contributed by atoms with Gasteiger partial charge in [-0.3, -0.25) is 4.79 Å². The fourth-order valence-electron chi connectivity index (χ4n) is 2.22. The molecule has 1 unspecified atom stereocenters. The van der Waals surface area contributed by atoms with Crippen LogP contribution in [0.4, 0.5) is 0 Å². The summed E-state index contributed by atoms with van der Waals surface area (Å²) in [4.78, 5) is 12.2. The molecule has 0 aliphatic heterocycles. The highest BCUT2D eigenvalue weighted by Crippen LogP contribution is 2.18. The Balaban J connectivity index is 2.79. The fourth-order valence-corrected chi connectivity index (χ4v) is 2.83.